The molecule has 2 aliphatic rings. The minimum atomic E-state index is -0.507. The Kier molecular flexibility index (Phi) is 6.60. The monoisotopic (exact) mass is 502 g/mol. The molecule has 4 atom stereocenters. The minimum Gasteiger partial charge on any atom is -0.496 e. The zero-order valence-corrected chi connectivity index (χ0v) is 20.8. The fraction of sp³-hybridized carbons (Fsp3) is 0.542. The number of nitrogens with one attached hydrogen (secondary N) is 1. The van der Waals surface area contributed by atoms with E-state index in [4.69, 9.17) is 9.47 Å². The number of ether oxygens (including phenoxy) is 2. The summed E-state index contributed by atoms with van der Waals surface area (Å²) in [5, 5.41) is 7.64. The lowest BCUT2D eigenvalue weighted by Gasteiger charge is -2.37. The Morgan fingerprint density at radius 3 is 2.81 bits per heavy atom. The molecule has 2 heterocycles. The first-order chi connectivity index (χ1) is 15.3. The van der Waals surface area contributed by atoms with Crippen LogP contribution >= 0.6 is 15.9 Å². The molecule has 0 bridgehead atoms. The van der Waals surface area contributed by atoms with Crippen molar-refractivity contribution in [1.29, 1.82) is 0 Å². The van der Waals surface area contributed by atoms with Gasteiger partial charge in [0.1, 0.15) is 24.2 Å². The van der Waals surface area contributed by atoms with E-state index in [0.717, 1.165) is 22.9 Å². The maximum Gasteiger partial charge on any atom is 0.338 e. The Bertz CT molecular complexity index is 1030. The van der Waals surface area contributed by atoms with E-state index in [1.54, 1.807) is 11.8 Å². The SMILES string of the molecule is COc1ccc(Br)cc1[C@@H]1C(C(=O)O[C@@H]2C[C@@H](C)CC[C@@H]2C(C)C)=C(C)Nc2ncnn21. The van der Waals surface area contributed by atoms with E-state index in [1.165, 1.54) is 12.7 Å². The zero-order valence-electron chi connectivity index (χ0n) is 19.3. The number of methoxy groups -OCH3 is 1. The molecule has 2 aromatic rings. The Balaban J connectivity index is 1.74. The number of aromatic nitrogens is 3. The first-order valence-electron chi connectivity index (χ1n) is 11.2. The van der Waals surface area contributed by atoms with Gasteiger partial charge in [-0.25, -0.2) is 9.48 Å². The lowest BCUT2D eigenvalue weighted by molar-refractivity contribution is -0.151. The maximum atomic E-state index is 13.7. The summed E-state index contributed by atoms with van der Waals surface area (Å²) in [6.45, 7) is 8.55. The van der Waals surface area contributed by atoms with E-state index in [-0.39, 0.29) is 12.1 Å². The number of carbonyl (C=O) groups excluding carboxylic acids is 1. The zero-order chi connectivity index (χ0) is 23.0. The molecule has 0 spiro atoms. The number of hydrogen-bond acceptors (Lipinski definition) is 6. The van der Waals surface area contributed by atoms with Crippen LogP contribution in [0.15, 0.2) is 40.3 Å². The van der Waals surface area contributed by atoms with Crippen LogP contribution in [0.4, 0.5) is 5.95 Å². The summed E-state index contributed by atoms with van der Waals surface area (Å²) in [4.78, 5) is 18.0. The smallest absolute Gasteiger partial charge is 0.338 e. The Morgan fingerprint density at radius 2 is 2.09 bits per heavy atom. The highest BCUT2D eigenvalue weighted by atomic mass is 79.9. The highest BCUT2D eigenvalue weighted by Gasteiger charge is 2.39. The molecule has 0 saturated heterocycles. The number of nitrogens with zero attached hydrogens (tertiary/aromatic N) is 3. The van der Waals surface area contributed by atoms with Crippen LogP contribution in [0, 0.1) is 17.8 Å². The molecule has 1 saturated carbocycles. The van der Waals surface area contributed by atoms with Crippen molar-refractivity contribution >= 4 is 27.8 Å². The fourth-order valence-corrected chi connectivity index (χ4v) is 5.39. The highest BCUT2D eigenvalue weighted by molar-refractivity contribution is 9.10. The summed E-state index contributed by atoms with van der Waals surface area (Å²) < 4.78 is 14.5. The second-order valence-electron chi connectivity index (χ2n) is 9.25. The molecule has 1 aromatic carbocycles. The van der Waals surface area contributed by atoms with Crippen molar-refractivity contribution in [2.24, 2.45) is 17.8 Å². The molecule has 1 aliphatic heterocycles. The van der Waals surface area contributed by atoms with Crippen LogP contribution in [0.2, 0.25) is 0 Å². The van der Waals surface area contributed by atoms with Crippen molar-refractivity contribution in [2.75, 3.05) is 12.4 Å². The number of fused-ring (bicyclic) bond motifs is 1. The average Bonchev–Trinajstić information content (AvgIpc) is 3.20. The van der Waals surface area contributed by atoms with Crippen LogP contribution in [0.3, 0.4) is 0 Å². The maximum absolute atomic E-state index is 13.7. The molecule has 172 valence electrons. The molecule has 0 amide bonds. The Hall–Kier alpha value is -2.35. The van der Waals surface area contributed by atoms with Gasteiger partial charge in [-0.1, -0.05) is 43.1 Å². The van der Waals surface area contributed by atoms with Crippen molar-refractivity contribution in [1.82, 2.24) is 14.8 Å². The van der Waals surface area contributed by atoms with Gasteiger partial charge in [0.2, 0.25) is 5.95 Å². The molecule has 8 heteroatoms. The highest BCUT2D eigenvalue weighted by Crippen LogP contribution is 2.42. The molecule has 32 heavy (non-hydrogen) atoms. The van der Waals surface area contributed by atoms with Gasteiger partial charge in [-0.15, -0.1) is 0 Å². The summed E-state index contributed by atoms with van der Waals surface area (Å²) in [7, 11) is 1.63. The third-order valence-electron chi connectivity index (χ3n) is 6.72. The van der Waals surface area contributed by atoms with Gasteiger partial charge in [-0.05, 0) is 55.7 Å². The molecule has 1 fully saturated rings. The minimum absolute atomic E-state index is 0.0891. The van der Waals surface area contributed by atoms with Crippen molar-refractivity contribution in [2.45, 2.75) is 59.1 Å². The first kappa shape index (κ1) is 22.8. The molecule has 0 unspecified atom stereocenters. The molecule has 1 N–H and O–H groups in total. The third kappa shape index (κ3) is 4.29. The molecule has 4 rings (SSSR count). The van der Waals surface area contributed by atoms with Crippen molar-refractivity contribution in [3.05, 3.63) is 45.8 Å². The molecular formula is C24H31BrN4O3. The summed E-state index contributed by atoms with van der Waals surface area (Å²) in [6, 6.07) is 5.25. The van der Waals surface area contributed by atoms with E-state index in [9.17, 15) is 4.79 Å². The summed E-state index contributed by atoms with van der Waals surface area (Å²) in [5.74, 6) is 2.32. The predicted octanol–water partition coefficient (Wildman–Crippen LogP) is 5.34. The molecule has 7 nitrogen and oxygen atoms in total. The van der Waals surface area contributed by atoms with Gasteiger partial charge in [-0.3, -0.25) is 0 Å². The average molecular weight is 503 g/mol. The standard InChI is InChI=1S/C24H31BrN4O3/c1-13(2)17-8-6-14(3)10-20(17)32-23(30)21-15(4)28-24-26-12-27-29(24)22(21)18-11-16(25)7-9-19(18)31-5/h7,9,11-14,17,20,22H,6,8,10H2,1-5H3,(H,26,27,28)/t14-,17+,20+,22+/m0/s1. The molecule has 1 aliphatic carbocycles. The topological polar surface area (TPSA) is 78.3 Å². The number of hydrogen-bond donors (Lipinski definition) is 1. The number of carbonyl (C=O) groups is 1. The van der Waals surface area contributed by atoms with Gasteiger partial charge in [0.05, 0.1) is 12.7 Å². The number of anilines is 1. The van der Waals surface area contributed by atoms with Crippen LogP contribution in [0.5, 0.6) is 5.75 Å². The molecular weight excluding hydrogens is 472 g/mol. The van der Waals surface area contributed by atoms with Crippen molar-refractivity contribution < 1.29 is 14.3 Å². The number of rotatable bonds is 5. The Morgan fingerprint density at radius 1 is 1.31 bits per heavy atom. The van der Waals surface area contributed by atoms with E-state index in [1.807, 2.05) is 25.1 Å². The molecule has 1 aromatic heterocycles. The van der Waals surface area contributed by atoms with Crippen molar-refractivity contribution in [3.8, 4) is 5.75 Å². The van der Waals surface area contributed by atoms with E-state index < -0.39 is 6.04 Å². The number of benzene rings is 1. The summed E-state index contributed by atoms with van der Waals surface area (Å²) >= 11 is 3.56. The predicted molar refractivity (Wildman–Crippen MR) is 126 cm³/mol. The lowest BCUT2D eigenvalue weighted by atomic mass is 9.75. The van der Waals surface area contributed by atoms with Gasteiger partial charge >= 0.3 is 5.97 Å². The largest absolute Gasteiger partial charge is 0.496 e. The van der Waals surface area contributed by atoms with Gasteiger partial charge in [0.25, 0.3) is 0 Å². The second-order valence-corrected chi connectivity index (χ2v) is 10.2. The quantitative estimate of drug-likeness (QED) is 0.555. The van der Waals surface area contributed by atoms with E-state index >= 15 is 0 Å². The van der Waals surface area contributed by atoms with Gasteiger partial charge < -0.3 is 14.8 Å². The van der Waals surface area contributed by atoms with Crippen LogP contribution in [0.25, 0.3) is 0 Å². The van der Waals surface area contributed by atoms with Crippen LogP contribution in [0.1, 0.15) is 58.6 Å². The normalized spacial score (nSPS) is 25.3. The van der Waals surface area contributed by atoms with Gasteiger partial charge in [-0.2, -0.15) is 10.1 Å². The van der Waals surface area contributed by atoms with Gasteiger partial charge in [0, 0.05) is 15.7 Å². The van der Waals surface area contributed by atoms with E-state index in [0.29, 0.717) is 40.7 Å². The first-order valence-corrected chi connectivity index (χ1v) is 12.0. The third-order valence-corrected chi connectivity index (χ3v) is 7.21. The summed E-state index contributed by atoms with van der Waals surface area (Å²) in [6.07, 6.45) is 4.56. The fourth-order valence-electron chi connectivity index (χ4n) is 5.01. The van der Waals surface area contributed by atoms with Crippen LogP contribution < -0.4 is 10.1 Å². The van der Waals surface area contributed by atoms with Crippen molar-refractivity contribution in [3.63, 3.8) is 0 Å². The number of esters is 1. The second kappa shape index (κ2) is 9.25. The summed E-state index contributed by atoms with van der Waals surface area (Å²) in [5.41, 5.74) is 2.06. The lowest BCUT2D eigenvalue weighted by Crippen LogP contribution is -2.38. The number of halogens is 1. The van der Waals surface area contributed by atoms with E-state index in [2.05, 4.69) is 52.1 Å². The molecule has 0 radical (unpaired) electrons. The Labute approximate surface area is 197 Å². The van der Waals surface area contributed by atoms with Crippen LogP contribution in [-0.2, 0) is 9.53 Å². The van der Waals surface area contributed by atoms with Gasteiger partial charge in [0.15, 0.2) is 0 Å². The number of allylic oxidation sites excluding steroid dienone is 1. The van der Waals surface area contributed by atoms with Crippen LogP contribution in [-0.4, -0.2) is 33.9 Å².